The molecule has 8 nitrogen and oxygen atoms in total. The van der Waals surface area contributed by atoms with Gasteiger partial charge in [-0.1, -0.05) is 6.92 Å². The number of ether oxygens (including phenoxy) is 1. The van der Waals surface area contributed by atoms with Gasteiger partial charge in [-0.15, -0.1) is 0 Å². The van der Waals surface area contributed by atoms with E-state index in [1.54, 1.807) is 16.7 Å². The van der Waals surface area contributed by atoms with Crippen molar-refractivity contribution in [1.29, 1.82) is 0 Å². The lowest BCUT2D eigenvalue weighted by atomic mass is 10.0. The van der Waals surface area contributed by atoms with E-state index in [4.69, 9.17) is 4.74 Å². The summed E-state index contributed by atoms with van der Waals surface area (Å²) in [5, 5.41) is 0. The molecule has 0 aromatic rings. The molecule has 1 aliphatic carbocycles. The highest BCUT2D eigenvalue weighted by atomic mass is 16.6. The number of hydrogen-bond donors (Lipinski definition) is 0. The molecule has 3 rings (SSSR count). The Morgan fingerprint density at radius 1 is 0.769 bits per heavy atom. The standard InChI is InChI=1S/C18H30N4O4/c1-3-19-7-9-20(10-8-19)15(23)18(5-6-18)16(24)21-11-13-22(14-12-21)17(25)26-4-2/h3-14H2,1-2H3. The molecule has 2 heterocycles. The van der Waals surface area contributed by atoms with E-state index in [9.17, 15) is 14.4 Å². The summed E-state index contributed by atoms with van der Waals surface area (Å²) in [4.78, 5) is 45.4. The first-order valence-electron chi connectivity index (χ1n) is 9.74. The van der Waals surface area contributed by atoms with Crippen molar-refractivity contribution in [3.05, 3.63) is 0 Å². The topological polar surface area (TPSA) is 73.4 Å². The minimum atomic E-state index is -0.833. The number of hydrogen-bond acceptors (Lipinski definition) is 5. The molecule has 146 valence electrons. The lowest BCUT2D eigenvalue weighted by Gasteiger charge is -2.38. The number of carbonyl (C=O) groups excluding carboxylic acids is 3. The van der Waals surface area contributed by atoms with E-state index >= 15 is 0 Å². The van der Waals surface area contributed by atoms with Gasteiger partial charge in [0.05, 0.1) is 6.61 Å². The molecule has 2 aliphatic heterocycles. The highest BCUT2D eigenvalue weighted by molar-refractivity contribution is 6.08. The van der Waals surface area contributed by atoms with Gasteiger partial charge in [-0.25, -0.2) is 4.79 Å². The van der Waals surface area contributed by atoms with Crippen molar-refractivity contribution in [2.75, 3.05) is 65.5 Å². The number of carbonyl (C=O) groups is 3. The maximum Gasteiger partial charge on any atom is 0.409 e. The van der Waals surface area contributed by atoms with Crippen LogP contribution in [-0.2, 0) is 14.3 Å². The van der Waals surface area contributed by atoms with Crippen LogP contribution in [0.2, 0.25) is 0 Å². The van der Waals surface area contributed by atoms with Gasteiger partial charge in [0.1, 0.15) is 5.41 Å². The third-order valence-corrected chi connectivity index (χ3v) is 5.77. The first kappa shape index (κ1) is 18.9. The van der Waals surface area contributed by atoms with E-state index < -0.39 is 5.41 Å². The number of nitrogens with zero attached hydrogens (tertiary/aromatic N) is 4. The zero-order valence-corrected chi connectivity index (χ0v) is 15.9. The fourth-order valence-electron chi connectivity index (χ4n) is 3.82. The second-order valence-electron chi connectivity index (χ2n) is 7.29. The average Bonchev–Trinajstić information content (AvgIpc) is 3.49. The predicted octanol–water partition coefficient (Wildman–Crippen LogP) is 0.231. The molecule has 0 unspecified atom stereocenters. The Kier molecular flexibility index (Phi) is 5.70. The van der Waals surface area contributed by atoms with Crippen LogP contribution in [0.3, 0.4) is 0 Å². The van der Waals surface area contributed by atoms with Crippen molar-refractivity contribution < 1.29 is 19.1 Å². The Hall–Kier alpha value is -1.83. The van der Waals surface area contributed by atoms with Gasteiger partial charge in [-0.05, 0) is 26.3 Å². The first-order valence-corrected chi connectivity index (χ1v) is 9.74. The fourth-order valence-corrected chi connectivity index (χ4v) is 3.82. The largest absolute Gasteiger partial charge is 0.450 e. The molecular formula is C18H30N4O4. The summed E-state index contributed by atoms with van der Waals surface area (Å²) in [6.07, 6.45) is 0.971. The monoisotopic (exact) mass is 366 g/mol. The summed E-state index contributed by atoms with van der Waals surface area (Å²) in [7, 11) is 0. The third kappa shape index (κ3) is 3.65. The van der Waals surface area contributed by atoms with Gasteiger partial charge < -0.3 is 24.3 Å². The first-order chi connectivity index (χ1) is 12.5. The van der Waals surface area contributed by atoms with Gasteiger partial charge >= 0.3 is 6.09 Å². The summed E-state index contributed by atoms with van der Waals surface area (Å²) in [5.41, 5.74) is -0.833. The van der Waals surface area contributed by atoms with Crippen molar-refractivity contribution in [2.24, 2.45) is 5.41 Å². The van der Waals surface area contributed by atoms with Crippen molar-refractivity contribution >= 4 is 17.9 Å². The molecule has 0 radical (unpaired) electrons. The van der Waals surface area contributed by atoms with Crippen LogP contribution < -0.4 is 0 Å². The molecule has 1 saturated carbocycles. The van der Waals surface area contributed by atoms with Crippen LogP contribution in [0, 0.1) is 5.41 Å². The van der Waals surface area contributed by atoms with Gasteiger partial charge in [0.25, 0.3) is 0 Å². The smallest absolute Gasteiger partial charge is 0.409 e. The summed E-state index contributed by atoms with van der Waals surface area (Å²) < 4.78 is 5.01. The maximum atomic E-state index is 13.0. The van der Waals surface area contributed by atoms with E-state index in [-0.39, 0.29) is 17.9 Å². The van der Waals surface area contributed by atoms with E-state index in [1.165, 1.54) is 0 Å². The summed E-state index contributed by atoms with van der Waals surface area (Å²) in [6, 6.07) is 0. The second kappa shape index (κ2) is 7.82. The van der Waals surface area contributed by atoms with Crippen molar-refractivity contribution in [3.8, 4) is 0 Å². The Morgan fingerprint density at radius 3 is 1.65 bits per heavy atom. The highest BCUT2D eigenvalue weighted by Gasteiger charge is 2.59. The normalized spacial score (nSPS) is 22.9. The third-order valence-electron chi connectivity index (χ3n) is 5.77. The molecule has 0 atom stereocenters. The zero-order chi connectivity index (χ0) is 18.7. The molecule has 3 fully saturated rings. The van der Waals surface area contributed by atoms with Gasteiger partial charge in [0.2, 0.25) is 11.8 Å². The fraction of sp³-hybridized carbons (Fsp3) is 0.833. The van der Waals surface area contributed by atoms with Gasteiger partial charge in [-0.3, -0.25) is 9.59 Å². The lowest BCUT2D eigenvalue weighted by molar-refractivity contribution is -0.151. The number of likely N-dealkylation sites (N-methyl/N-ethyl adjacent to an activating group) is 1. The van der Waals surface area contributed by atoms with Crippen LogP contribution in [0.25, 0.3) is 0 Å². The molecule has 0 aromatic carbocycles. The van der Waals surface area contributed by atoms with Crippen LogP contribution >= 0.6 is 0 Å². The molecule has 3 aliphatic rings. The Morgan fingerprint density at radius 2 is 1.23 bits per heavy atom. The average molecular weight is 366 g/mol. The number of amides is 3. The van der Waals surface area contributed by atoms with E-state index in [1.807, 2.05) is 4.90 Å². The second-order valence-corrected chi connectivity index (χ2v) is 7.29. The molecule has 26 heavy (non-hydrogen) atoms. The highest BCUT2D eigenvalue weighted by Crippen LogP contribution is 2.49. The van der Waals surface area contributed by atoms with Crippen molar-refractivity contribution in [2.45, 2.75) is 26.7 Å². The molecule has 0 spiro atoms. The summed E-state index contributed by atoms with van der Waals surface area (Å²) >= 11 is 0. The van der Waals surface area contributed by atoms with Gasteiger partial charge in [0.15, 0.2) is 0 Å². The van der Waals surface area contributed by atoms with Crippen LogP contribution in [-0.4, -0.2) is 103 Å². The number of piperazine rings is 2. The Balaban J connectivity index is 1.55. The van der Waals surface area contributed by atoms with Crippen molar-refractivity contribution in [3.63, 3.8) is 0 Å². The summed E-state index contributed by atoms with van der Waals surface area (Å²) in [6.45, 7) is 10.3. The van der Waals surface area contributed by atoms with Crippen molar-refractivity contribution in [1.82, 2.24) is 19.6 Å². The maximum absolute atomic E-state index is 13.0. The Labute approximate surface area is 155 Å². The van der Waals surface area contributed by atoms with E-state index in [2.05, 4.69) is 11.8 Å². The summed E-state index contributed by atoms with van der Waals surface area (Å²) in [5.74, 6) is -0.0463. The van der Waals surface area contributed by atoms with Crippen LogP contribution in [0.15, 0.2) is 0 Å². The molecule has 8 heteroatoms. The van der Waals surface area contributed by atoms with E-state index in [0.29, 0.717) is 58.7 Å². The van der Waals surface area contributed by atoms with E-state index in [0.717, 1.165) is 19.6 Å². The molecular weight excluding hydrogens is 336 g/mol. The lowest BCUT2D eigenvalue weighted by Crippen LogP contribution is -2.56. The predicted molar refractivity (Wildman–Crippen MR) is 95.5 cm³/mol. The minimum Gasteiger partial charge on any atom is -0.450 e. The molecule has 0 aromatic heterocycles. The quantitative estimate of drug-likeness (QED) is 0.666. The Bertz CT molecular complexity index is 547. The molecule has 2 saturated heterocycles. The molecule has 0 N–H and O–H groups in total. The van der Waals surface area contributed by atoms with Gasteiger partial charge in [-0.2, -0.15) is 0 Å². The van der Waals surface area contributed by atoms with Gasteiger partial charge in [0, 0.05) is 52.4 Å². The number of rotatable bonds is 4. The van der Waals surface area contributed by atoms with Crippen LogP contribution in [0.1, 0.15) is 26.7 Å². The minimum absolute atomic E-state index is 0.00563. The zero-order valence-electron chi connectivity index (χ0n) is 15.9. The molecule has 3 amide bonds. The molecule has 0 bridgehead atoms. The SMILES string of the molecule is CCOC(=O)N1CCN(C(=O)C2(C(=O)N3CCN(CC)CC3)CC2)CC1. The van der Waals surface area contributed by atoms with Crippen LogP contribution in [0.4, 0.5) is 4.79 Å². The van der Waals surface area contributed by atoms with Crippen LogP contribution in [0.5, 0.6) is 0 Å².